The first-order chi connectivity index (χ1) is 13.7. The van der Waals surface area contributed by atoms with Crippen LogP contribution < -0.4 is 16.4 Å². The highest BCUT2D eigenvalue weighted by Crippen LogP contribution is 2.18. The predicted molar refractivity (Wildman–Crippen MR) is 122 cm³/mol. The minimum absolute atomic E-state index is 0.0126. The van der Waals surface area contributed by atoms with E-state index in [-0.39, 0.29) is 10.8 Å². The van der Waals surface area contributed by atoms with E-state index in [2.05, 4.69) is 34.7 Å². The highest BCUT2D eigenvalue weighted by Gasteiger charge is 2.19. The number of rotatable bonds is 5. The van der Waals surface area contributed by atoms with Crippen molar-refractivity contribution < 1.29 is 4.79 Å². The van der Waals surface area contributed by atoms with Gasteiger partial charge in [0.2, 0.25) is 0 Å². The molecular weight excluding hydrogens is 384 g/mol. The Morgan fingerprint density at radius 2 is 1.93 bits per heavy atom. The first-order valence-corrected chi connectivity index (χ1v) is 10.2. The van der Waals surface area contributed by atoms with E-state index in [4.69, 9.17) is 23.7 Å². The number of nitrogens with two attached hydrogens (primary N) is 2. The molecule has 1 saturated heterocycles. The molecule has 4 N–H and O–H groups in total. The summed E-state index contributed by atoms with van der Waals surface area (Å²) in [6.45, 7) is 11.7. The Morgan fingerprint density at radius 1 is 1.28 bits per heavy atom. The normalized spacial score (nSPS) is 14.9. The van der Waals surface area contributed by atoms with Crippen molar-refractivity contribution in [1.29, 1.82) is 5.26 Å². The van der Waals surface area contributed by atoms with Crippen molar-refractivity contribution in [3.05, 3.63) is 35.2 Å². The number of hydrogen-bond donors (Lipinski definition) is 2. The number of carbonyl (C=O) groups is 1. The molecule has 158 valence electrons. The Balaban J connectivity index is 0.000000749. The highest BCUT2D eigenvalue weighted by molar-refractivity contribution is 7.80. The van der Waals surface area contributed by atoms with E-state index in [0.717, 1.165) is 50.7 Å². The van der Waals surface area contributed by atoms with Crippen LogP contribution in [0.1, 0.15) is 44.5 Å². The largest absolute Gasteiger partial charge is 0.389 e. The van der Waals surface area contributed by atoms with Crippen LogP contribution in [0, 0.1) is 17.2 Å². The smallest absolute Gasteiger partial charge is 0.161 e. The Hall–Kier alpha value is -2.50. The quantitative estimate of drug-likeness (QED) is 0.326. The summed E-state index contributed by atoms with van der Waals surface area (Å²) in [6.07, 6.45) is 2.55. The van der Waals surface area contributed by atoms with Gasteiger partial charge in [-0.3, -0.25) is 4.79 Å². The van der Waals surface area contributed by atoms with Crippen molar-refractivity contribution in [2.24, 2.45) is 17.4 Å². The van der Waals surface area contributed by atoms with E-state index in [1.165, 1.54) is 6.92 Å². The number of Topliss-reactive ketones (excluding diaryl/α,β-unsaturated/α-hetero) is 1. The van der Waals surface area contributed by atoms with Crippen LogP contribution in [0.25, 0.3) is 0 Å². The summed E-state index contributed by atoms with van der Waals surface area (Å²) in [5, 5.41) is 9.22. The van der Waals surface area contributed by atoms with E-state index in [1.807, 2.05) is 13.0 Å². The fourth-order valence-corrected chi connectivity index (χ4v) is 2.93. The molecule has 0 spiro atoms. The van der Waals surface area contributed by atoms with Gasteiger partial charge < -0.3 is 21.3 Å². The number of nitriles is 1. The van der Waals surface area contributed by atoms with Crippen LogP contribution in [0.5, 0.6) is 0 Å². The molecule has 1 aliphatic rings. The van der Waals surface area contributed by atoms with Crippen LogP contribution in [0.15, 0.2) is 29.6 Å². The number of nitrogens with zero attached hydrogens (tertiary/aromatic N) is 4. The van der Waals surface area contributed by atoms with Gasteiger partial charge in [0.1, 0.15) is 22.4 Å². The topological polar surface area (TPSA) is 112 Å². The summed E-state index contributed by atoms with van der Waals surface area (Å²) in [5.74, 6) is 1.53. The third kappa shape index (κ3) is 7.80. The Bertz CT molecular complexity index is 766. The van der Waals surface area contributed by atoms with E-state index >= 15 is 0 Å². The lowest BCUT2D eigenvalue weighted by atomic mass is 10.2. The summed E-state index contributed by atoms with van der Waals surface area (Å²) >= 11 is 4.95. The molecule has 0 aliphatic carbocycles. The van der Waals surface area contributed by atoms with Gasteiger partial charge in [0.05, 0.1) is 0 Å². The number of carbonyl (C=O) groups excluding carboxylic acids is 1. The van der Waals surface area contributed by atoms with E-state index in [9.17, 15) is 10.1 Å². The maximum Gasteiger partial charge on any atom is 0.161 e. The average Bonchev–Trinajstić information content (AvgIpc) is 2.95. The van der Waals surface area contributed by atoms with E-state index < -0.39 is 0 Å². The fourth-order valence-electron chi connectivity index (χ4n) is 2.74. The van der Waals surface area contributed by atoms with Crippen molar-refractivity contribution in [3.63, 3.8) is 0 Å². The minimum atomic E-state index is 0.0126. The molecule has 0 bridgehead atoms. The third-order valence-electron chi connectivity index (χ3n) is 4.64. The molecule has 1 aromatic heterocycles. The van der Waals surface area contributed by atoms with Crippen LogP contribution in [0.3, 0.4) is 0 Å². The highest BCUT2D eigenvalue weighted by atomic mass is 32.1. The second-order valence-electron chi connectivity index (χ2n) is 7.35. The van der Waals surface area contributed by atoms with Crippen LogP contribution in [-0.4, -0.2) is 53.4 Å². The summed E-state index contributed by atoms with van der Waals surface area (Å²) in [7, 11) is 0. The monoisotopic (exact) mass is 416 g/mol. The molecule has 29 heavy (non-hydrogen) atoms. The number of anilines is 1. The van der Waals surface area contributed by atoms with Gasteiger partial charge >= 0.3 is 0 Å². The maximum atomic E-state index is 11.3. The first kappa shape index (κ1) is 24.5. The van der Waals surface area contributed by atoms with Crippen LogP contribution in [0.2, 0.25) is 0 Å². The minimum Gasteiger partial charge on any atom is -0.389 e. The van der Waals surface area contributed by atoms with Gasteiger partial charge in [-0.25, -0.2) is 4.98 Å². The standard InChI is InChI=1S/C17H21N5OS.C4H11N/c1-12(15(10-18)17(19)24)21-6-3-7-22(9-8-21)16-5-4-14(11-20-16)13(2)23;1-4(2)3-5/h4-5,11H,3,6-9H2,1-2H3,(H2,19,24);4H,3,5H2,1-2H3/b15-12-;. The van der Waals surface area contributed by atoms with Gasteiger partial charge in [-0.1, -0.05) is 26.1 Å². The summed E-state index contributed by atoms with van der Waals surface area (Å²) in [6, 6.07) is 5.78. The van der Waals surface area contributed by atoms with Crippen LogP contribution in [-0.2, 0) is 0 Å². The molecule has 0 radical (unpaired) electrons. The Kier molecular flexibility index (Phi) is 10.3. The second kappa shape index (κ2) is 12.1. The third-order valence-corrected chi connectivity index (χ3v) is 4.84. The van der Waals surface area contributed by atoms with Crippen molar-refractivity contribution in [2.75, 3.05) is 37.6 Å². The number of hydrogen-bond acceptors (Lipinski definition) is 7. The molecular formula is C21H32N6OS. The molecule has 1 aromatic rings. The van der Waals surface area contributed by atoms with Crippen LogP contribution >= 0.6 is 12.2 Å². The van der Waals surface area contributed by atoms with E-state index in [0.29, 0.717) is 17.1 Å². The first-order valence-electron chi connectivity index (χ1n) is 9.79. The van der Waals surface area contributed by atoms with Crippen molar-refractivity contribution >= 4 is 28.8 Å². The van der Waals surface area contributed by atoms with Crippen LogP contribution in [0.4, 0.5) is 5.82 Å². The molecule has 1 fully saturated rings. The number of ketones is 1. The Labute approximate surface area is 179 Å². The number of pyridine rings is 1. The molecule has 0 saturated carbocycles. The van der Waals surface area contributed by atoms with E-state index in [1.54, 1.807) is 12.3 Å². The van der Waals surface area contributed by atoms with Crippen molar-refractivity contribution in [1.82, 2.24) is 9.88 Å². The summed E-state index contributed by atoms with van der Waals surface area (Å²) in [5.41, 5.74) is 12.6. The molecule has 0 aromatic carbocycles. The predicted octanol–water partition coefficient (Wildman–Crippen LogP) is 2.48. The fraction of sp³-hybridized carbons (Fsp3) is 0.524. The zero-order chi connectivity index (χ0) is 22.0. The van der Waals surface area contributed by atoms with Crippen molar-refractivity contribution in [3.8, 4) is 6.07 Å². The zero-order valence-electron chi connectivity index (χ0n) is 17.8. The van der Waals surface area contributed by atoms with Gasteiger partial charge in [-0.05, 0) is 44.9 Å². The molecule has 2 rings (SSSR count). The summed E-state index contributed by atoms with van der Waals surface area (Å²) < 4.78 is 0. The molecule has 0 atom stereocenters. The van der Waals surface area contributed by atoms with Gasteiger partial charge in [0, 0.05) is 43.6 Å². The van der Waals surface area contributed by atoms with Gasteiger partial charge in [-0.2, -0.15) is 5.26 Å². The SMILES string of the molecule is CC(=O)c1ccc(N2CCCN(/C(C)=C(/C#N)C(N)=S)CC2)nc1.CC(C)CN. The summed E-state index contributed by atoms with van der Waals surface area (Å²) in [4.78, 5) is 20.2. The molecule has 0 unspecified atom stereocenters. The van der Waals surface area contributed by atoms with Gasteiger partial charge in [0.25, 0.3) is 0 Å². The zero-order valence-corrected chi connectivity index (χ0v) is 18.6. The molecule has 7 nitrogen and oxygen atoms in total. The molecule has 0 amide bonds. The van der Waals surface area contributed by atoms with Crippen molar-refractivity contribution in [2.45, 2.75) is 34.1 Å². The van der Waals surface area contributed by atoms with Gasteiger partial charge in [0.15, 0.2) is 5.78 Å². The maximum absolute atomic E-state index is 11.3. The lowest BCUT2D eigenvalue weighted by Crippen LogP contribution is -2.31. The lowest BCUT2D eigenvalue weighted by Gasteiger charge is -2.25. The Morgan fingerprint density at radius 3 is 2.38 bits per heavy atom. The second-order valence-corrected chi connectivity index (χ2v) is 7.79. The number of thiocarbonyl (C=S) groups is 1. The molecule has 1 aliphatic heterocycles. The lowest BCUT2D eigenvalue weighted by molar-refractivity contribution is 0.101. The van der Waals surface area contributed by atoms with Gasteiger partial charge in [-0.15, -0.1) is 0 Å². The average molecular weight is 417 g/mol. The number of aromatic nitrogens is 1. The number of allylic oxidation sites excluding steroid dienone is 1. The molecule has 8 heteroatoms. The molecule has 2 heterocycles.